The standard InChI is InChI=1S/C21H25F2N3O/c22-16-8-9-17(23)20-19(16)18(10-11-24-20)26-12-4-5-14(13-26)21(27)25-15-6-2-1-3-7-15/h8-11,14-15H,1-7,12-13H2,(H,25,27). The first-order chi connectivity index (χ1) is 13.1. The third-order valence-electron chi connectivity index (χ3n) is 5.85. The third-order valence-corrected chi connectivity index (χ3v) is 5.85. The number of hydrogen-bond donors (Lipinski definition) is 1. The minimum atomic E-state index is -0.531. The van der Waals surface area contributed by atoms with Gasteiger partial charge < -0.3 is 10.2 Å². The zero-order valence-electron chi connectivity index (χ0n) is 15.4. The SMILES string of the molecule is O=C(NC1CCCCC1)C1CCCN(c2ccnc3c(F)ccc(F)c23)C1. The van der Waals surface area contributed by atoms with Gasteiger partial charge in [-0.3, -0.25) is 9.78 Å². The second-order valence-electron chi connectivity index (χ2n) is 7.71. The number of halogens is 2. The van der Waals surface area contributed by atoms with E-state index in [1.165, 1.54) is 25.5 Å². The summed E-state index contributed by atoms with van der Waals surface area (Å²) in [5, 5.41) is 3.41. The lowest BCUT2D eigenvalue weighted by Crippen LogP contribution is -2.46. The zero-order chi connectivity index (χ0) is 18.8. The van der Waals surface area contributed by atoms with Crippen LogP contribution in [-0.4, -0.2) is 30.0 Å². The first kappa shape index (κ1) is 18.1. The highest BCUT2D eigenvalue weighted by atomic mass is 19.1. The summed E-state index contributed by atoms with van der Waals surface area (Å²) < 4.78 is 28.5. The average molecular weight is 373 g/mol. The van der Waals surface area contributed by atoms with E-state index in [2.05, 4.69) is 10.3 Å². The fraction of sp³-hybridized carbons (Fsp3) is 0.524. The lowest BCUT2D eigenvalue weighted by atomic mass is 9.92. The highest BCUT2D eigenvalue weighted by Crippen LogP contribution is 2.32. The van der Waals surface area contributed by atoms with Crippen LogP contribution in [0.1, 0.15) is 44.9 Å². The molecule has 27 heavy (non-hydrogen) atoms. The molecule has 1 saturated carbocycles. The van der Waals surface area contributed by atoms with Crippen LogP contribution in [0, 0.1) is 17.6 Å². The van der Waals surface area contributed by atoms with Crippen LogP contribution < -0.4 is 10.2 Å². The van der Waals surface area contributed by atoms with Gasteiger partial charge >= 0.3 is 0 Å². The van der Waals surface area contributed by atoms with Gasteiger partial charge in [-0.15, -0.1) is 0 Å². The molecule has 4 nitrogen and oxygen atoms in total. The van der Waals surface area contributed by atoms with E-state index < -0.39 is 11.6 Å². The van der Waals surface area contributed by atoms with Crippen molar-refractivity contribution in [3.05, 3.63) is 36.0 Å². The molecule has 0 bridgehead atoms. The van der Waals surface area contributed by atoms with E-state index in [1.54, 1.807) is 6.07 Å². The first-order valence-electron chi connectivity index (χ1n) is 9.91. The Hall–Kier alpha value is -2.24. The smallest absolute Gasteiger partial charge is 0.225 e. The van der Waals surface area contributed by atoms with Crippen molar-refractivity contribution in [3.8, 4) is 0 Å². The van der Waals surface area contributed by atoms with Crippen molar-refractivity contribution >= 4 is 22.5 Å². The number of aromatic nitrogens is 1. The average Bonchev–Trinajstić information content (AvgIpc) is 2.71. The van der Waals surface area contributed by atoms with Crippen LogP contribution in [-0.2, 0) is 4.79 Å². The molecule has 1 N–H and O–H groups in total. The molecule has 1 aromatic carbocycles. The second kappa shape index (κ2) is 7.79. The fourth-order valence-corrected chi connectivity index (χ4v) is 4.42. The Kier molecular flexibility index (Phi) is 5.23. The summed E-state index contributed by atoms with van der Waals surface area (Å²) in [6, 6.07) is 4.24. The van der Waals surface area contributed by atoms with Gasteiger partial charge in [0.2, 0.25) is 5.91 Å². The largest absolute Gasteiger partial charge is 0.370 e. The van der Waals surface area contributed by atoms with Crippen LogP contribution in [0.5, 0.6) is 0 Å². The zero-order valence-corrected chi connectivity index (χ0v) is 15.4. The van der Waals surface area contributed by atoms with Gasteiger partial charge in [0.15, 0.2) is 0 Å². The van der Waals surface area contributed by atoms with Crippen molar-refractivity contribution in [3.63, 3.8) is 0 Å². The minimum Gasteiger partial charge on any atom is -0.370 e. The van der Waals surface area contributed by atoms with Crippen LogP contribution in [0.25, 0.3) is 10.9 Å². The maximum Gasteiger partial charge on any atom is 0.225 e. The Labute approximate surface area is 158 Å². The highest BCUT2D eigenvalue weighted by Gasteiger charge is 2.29. The molecule has 2 aliphatic rings. The predicted octanol–water partition coefficient (Wildman–Crippen LogP) is 4.18. The number of nitrogens with one attached hydrogen (secondary N) is 1. The van der Waals surface area contributed by atoms with Gasteiger partial charge in [-0.2, -0.15) is 0 Å². The maximum absolute atomic E-state index is 14.4. The van der Waals surface area contributed by atoms with Crippen LogP contribution in [0.4, 0.5) is 14.5 Å². The van der Waals surface area contributed by atoms with Crippen LogP contribution in [0.2, 0.25) is 0 Å². The number of pyridine rings is 1. The molecule has 1 atom stereocenters. The number of carbonyl (C=O) groups is 1. The Morgan fingerprint density at radius 2 is 1.81 bits per heavy atom. The predicted molar refractivity (Wildman–Crippen MR) is 102 cm³/mol. The third kappa shape index (κ3) is 3.75. The van der Waals surface area contributed by atoms with Gasteiger partial charge in [-0.05, 0) is 43.9 Å². The number of anilines is 1. The summed E-state index contributed by atoms with van der Waals surface area (Å²) in [5.41, 5.74) is 0.661. The minimum absolute atomic E-state index is 0.0429. The first-order valence-corrected chi connectivity index (χ1v) is 9.91. The normalized spacial score (nSPS) is 21.4. The fourth-order valence-electron chi connectivity index (χ4n) is 4.42. The van der Waals surface area contributed by atoms with Crippen LogP contribution in [0.15, 0.2) is 24.4 Å². The van der Waals surface area contributed by atoms with Gasteiger partial charge in [-0.1, -0.05) is 19.3 Å². The lowest BCUT2D eigenvalue weighted by molar-refractivity contribution is -0.126. The molecule has 0 radical (unpaired) electrons. The quantitative estimate of drug-likeness (QED) is 0.878. The summed E-state index contributed by atoms with van der Waals surface area (Å²) in [6.45, 7) is 1.25. The molecule has 2 fully saturated rings. The molecule has 6 heteroatoms. The number of hydrogen-bond acceptors (Lipinski definition) is 3. The van der Waals surface area contributed by atoms with E-state index in [9.17, 15) is 13.6 Å². The summed E-state index contributed by atoms with van der Waals surface area (Å²) in [7, 11) is 0. The van der Waals surface area contributed by atoms with Crippen molar-refractivity contribution in [2.75, 3.05) is 18.0 Å². The lowest BCUT2D eigenvalue weighted by Gasteiger charge is -2.35. The van der Waals surface area contributed by atoms with Gasteiger partial charge in [-0.25, -0.2) is 8.78 Å². The Morgan fingerprint density at radius 1 is 1.04 bits per heavy atom. The van der Waals surface area contributed by atoms with Crippen LogP contribution in [0.3, 0.4) is 0 Å². The number of rotatable bonds is 3. The Balaban J connectivity index is 1.54. The monoisotopic (exact) mass is 373 g/mol. The number of piperidine rings is 1. The molecular formula is C21H25F2N3O. The summed E-state index contributed by atoms with van der Waals surface area (Å²) in [6.07, 6.45) is 8.90. The van der Waals surface area contributed by atoms with Crippen molar-refractivity contribution in [1.82, 2.24) is 10.3 Å². The number of benzene rings is 1. The molecule has 1 saturated heterocycles. The molecular weight excluding hydrogens is 348 g/mol. The van der Waals surface area contributed by atoms with Crippen molar-refractivity contribution in [2.45, 2.75) is 51.0 Å². The van der Waals surface area contributed by atoms with Crippen molar-refractivity contribution in [2.24, 2.45) is 5.92 Å². The molecule has 1 amide bonds. The van der Waals surface area contributed by atoms with Crippen molar-refractivity contribution in [1.29, 1.82) is 0 Å². The van der Waals surface area contributed by atoms with E-state index >= 15 is 0 Å². The molecule has 1 unspecified atom stereocenters. The van der Waals surface area contributed by atoms with E-state index in [0.29, 0.717) is 12.2 Å². The number of amides is 1. The molecule has 2 aromatic rings. The van der Waals surface area contributed by atoms with E-state index in [-0.39, 0.29) is 28.8 Å². The number of fused-ring (bicyclic) bond motifs is 1. The molecule has 1 aromatic heterocycles. The molecule has 2 heterocycles. The van der Waals surface area contributed by atoms with Gasteiger partial charge in [0.05, 0.1) is 17.0 Å². The van der Waals surface area contributed by atoms with Gasteiger partial charge in [0.1, 0.15) is 17.2 Å². The maximum atomic E-state index is 14.4. The molecule has 1 aliphatic heterocycles. The summed E-state index contributed by atoms with van der Waals surface area (Å²) in [5.74, 6) is -1.04. The molecule has 1 aliphatic carbocycles. The summed E-state index contributed by atoms with van der Waals surface area (Å²) in [4.78, 5) is 18.8. The summed E-state index contributed by atoms with van der Waals surface area (Å²) >= 11 is 0. The van der Waals surface area contributed by atoms with E-state index in [1.807, 2.05) is 4.90 Å². The van der Waals surface area contributed by atoms with Crippen LogP contribution >= 0.6 is 0 Å². The Bertz CT molecular complexity index is 836. The molecule has 0 spiro atoms. The Morgan fingerprint density at radius 3 is 2.63 bits per heavy atom. The highest BCUT2D eigenvalue weighted by molar-refractivity contribution is 5.92. The number of nitrogens with zero attached hydrogens (tertiary/aromatic N) is 2. The molecule has 4 rings (SSSR count). The van der Waals surface area contributed by atoms with E-state index in [4.69, 9.17) is 0 Å². The van der Waals surface area contributed by atoms with Crippen molar-refractivity contribution < 1.29 is 13.6 Å². The topological polar surface area (TPSA) is 45.2 Å². The number of carbonyl (C=O) groups excluding carboxylic acids is 1. The molecule has 144 valence electrons. The van der Waals surface area contributed by atoms with E-state index in [0.717, 1.165) is 44.4 Å². The van der Waals surface area contributed by atoms with Gasteiger partial charge in [0.25, 0.3) is 0 Å². The van der Waals surface area contributed by atoms with Gasteiger partial charge in [0, 0.05) is 25.3 Å². The second-order valence-corrected chi connectivity index (χ2v) is 7.71.